The molecule has 0 spiro atoms. The summed E-state index contributed by atoms with van der Waals surface area (Å²) in [7, 11) is -1.72. The van der Waals surface area contributed by atoms with Gasteiger partial charge in [0.05, 0.1) is 11.7 Å². The Bertz CT molecular complexity index is 262. The molecule has 0 aromatic heterocycles. The van der Waals surface area contributed by atoms with Crippen molar-refractivity contribution >= 4 is 8.32 Å². The van der Waals surface area contributed by atoms with Crippen molar-refractivity contribution in [2.75, 3.05) is 0 Å². The Morgan fingerprint density at radius 1 is 1.19 bits per heavy atom. The van der Waals surface area contributed by atoms with Crippen LogP contribution in [0, 0.1) is 11.3 Å². The Morgan fingerprint density at radius 2 is 1.69 bits per heavy atom. The molecule has 94 valence electrons. The van der Waals surface area contributed by atoms with Gasteiger partial charge in [0.25, 0.3) is 0 Å². The number of rotatable bonds is 5. The normalized spacial score (nSPS) is 16.6. The van der Waals surface area contributed by atoms with Gasteiger partial charge in [-0.1, -0.05) is 27.7 Å². The summed E-state index contributed by atoms with van der Waals surface area (Å²) in [5, 5.41) is 8.92. The van der Waals surface area contributed by atoms with Crippen molar-refractivity contribution in [3.63, 3.8) is 0 Å². The molecule has 3 heteroatoms. The van der Waals surface area contributed by atoms with Crippen LogP contribution >= 0.6 is 0 Å². The SMILES string of the molecule is CCC(C)(CCC#N)O[Si](C)(C)C(C)(C)C. The highest BCUT2D eigenvalue weighted by atomic mass is 28.4. The number of nitriles is 1. The molecule has 0 aromatic rings. The van der Waals surface area contributed by atoms with Gasteiger partial charge in [0.1, 0.15) is 0 Å². The Labute approximate surface area is 102 Å². The summed E-state index contributed by atoms with van der Waals surface area (Å²) in [6, 6.07) is 2.22. The lowest BCUT2D eigenvalue weighted by molar-refractivity contribution is 0.0604. The van der Waals surface area contributed by atoms with Crippen molar-refractivity contribution in [1.82, 2.24) is 0 Å². The second kappa shape index (κ2) is 5.33. The van der Waals surface area contributed by atoms with E-state index >= 15 is 0 Å². The van der Waals surface area contributed by atoms with Crippen LogP contribution < -0.4 is 0 Å². The van der Waals surface area contributed by atoms with Crippen LogP contribution in [0.1, 0.15) is 53.9 Å². The van der Waals surface area contributed by atoms with Crippen molar-refractivity contribution in [1.29, 1.82) is 5.26 Å². The van der Waals surface area contributed by atoms with Crippen LogP contribution in [0.25, 0.3) is 0 Å². The summed E-state index contributed by atoms with van der Waals surface area (Å²) in [5.41, 5.74) is -0.126. The van der Waals surface area contributed by atoms with E-state index in [2.05, 4.69) is 53.8 Å². The first-order valence-corrected chi connectivity index (χ1v) is 9.06. The van der Waals surface area contributed by atoms with Gasteiger partial charge in [0.15, 0.2) is 8.32 Å². The van der Waals surface area contributed by atoms with E-state index in [0.717, 1.165) is 12.8 Å². The van der Waals surface area contributed by atoms with Crippen molar-refractivity contribution < 1.29 is 4.43 Å². The average molecular weight is 241 g/mol. The van der Waals surface area contributed by atoms with Crippen molar-refractivity contribution in [3.8, 4) is 6.07 Å². The third-order valence-corrected chi connectivity index (χ3v) is 8.44. The summed E-state index contributed by atoms with van der Waals surface area (Å²) in [4.78, 5) is 0. The first-order valence-electron chi connectivity index (χ1n) is 6.15. The lowest BCUT2D eigenvalue weighted by Crippen LogP contribution is -2.48. The zero-order valence-corrected chi connectivity index (χ0v) is 13.0. The van der Waals surface area contributed by atoms with Gasteiger partial charge >= 0.3 is 0 Å². The van der Waals surface area contributed by atoms with Crippen LogP contribution in [0.3, 0.4) is 0 Å². The zero-order valence-electron chi connectivity index (χ0n) is 12.0. The van der Waals surface area contributed by atoms with Gasteiger partial charge in [-0.3, -0.25) is 0 Å². The second-order valence-electron chi connectivity index (χ2n) is 6.32. The van der Waals surface area contributed by atoms with Crippen LogP contribution in [-0.4, -0.2) is 13.9 Å². The smallest absolute Gasteiger partial charge is 0.192 e. The first-order chi connectivity index (χ1) is 7.08. The molecule has 0 heterocycles. The van der Waals surface area contributed by atoms with Crippen LogP contribution in [0.5, 0.6) is 0 Å². The minimum Gasteiger partial charge on any atom is -0.412 e. The predicted octanol–water partition coefficient (Wildman–Crippen LogP) is 4.48. The van der Waals surface area contributed by atoms with E-state index < -0.39 is 8.32 Å². The average Bonchev–Trinajstić information content (AvgIpc) is 2.12. The molecule has 0 aliphatic carbocycles. The topological polar surface area (TPSA) is 33.0 Å². The monoisotopic (exact) mass is 241 g/mol. The molecule has 0 radical (unpaired) electrons. The molecule has 0 aliphatic heterocycles. The maximum atomic E-state index is 8.69. The fourth-order valence-corrected chi connectivity index (χ4v) is 3.17. The zero-order chi connectivity index (χ0) is 13.0. The minimum atomic E-state index is -1.72. The highest BCUT2D eigenvalue weighted by Crippen LogP contribution is 2.40. The first kappa shape index (κ1) is 15.7. The standard InChI is InChI=1S/C13H27NOSi/c1-8-13(5,10-9-11-14)15-16(6,7)12(2,3)4/h8-10H2,1-7H3. The van der Waals surface area contributed by atoms with E-state index in [1.807, 2.05) is 0 Å². The Hall–Kier alpha value is -0.333. The van der Waals surface area contributed by atoms with Gasteiger partial charge in [0.2, 0.25) is 0 Å². The maximum Gasteiger partial charge on any atom is 0.192 e. The largest absolute Gasteiger partial charge is 0.412 e. The highest BCUT2D eigenvalue weighted by molar-refractivity contribution is 6.74. The van der Waals surface area contributed by atoms with Crippen molar-refractivity contribution in [2.45, 2.75) is 77.6 Å². The summed E-state index contributed by atoms with van der Waals surface area (Å²) >= 11 is 0. The highest BCUT2D eigenvalue weighted by Gasteiger charge is 2.42. The molecule has 1 unspecified atom stereocenters. The maximum absolute atomic E-state index is 8.69. The predicted molar refractivity (Wildman–Crippen MR) is 71.8 cm³/mol. The fraction of sp³-hybridized carbons (Fsp3) is 0.923. The molecule has 0 saturated heterocycles. The Kier molecular flexibility index (Phi) is 5.22. The van der Waals surface area contributed by atoms with Gasteiger partial charge in [0, 0.05) is 6.42 Å². The Morgan fingerprint density at radius 3 is 2.00 bits per heavy atom. The minimum absolute atomic E-state index is 0.126. The molecule has 0 bridgehead atoms. The molecule has 0 aliphatic rings. The van der Waals surface area contributed by atoms with E-state index in [9.17, 15) is 0 Å². The Balaban J connectivity index is 4.72. The molecule has 0 amide bonds. The number of nitrogens with zero attached hydrogens (tertiary/aromatic N) is 1. The van der Waals surface area contributed by atoms with Gasteiger partial charge < -0.3 is 4.43 Å². The summed E-state index contributed by atoms with van der Waals surface area (Å²) in [6.07, 6.45) is 2.40. The van der Waals surface area contributed by atoms with Crippen molar-refractivity contribution in [3.05, 3.63) is 0 Å². The molecule has 0 N–H and O–H groups in total. The summed E-state index contributed by atoms with van der Waals surface area (Å²) < 4.78 is 6.43. The van der Waals surface area contributed by atoms with Crippen LogP contribution in [-0.2, 0) is 4.43 Å². The second-order valence-corrected chi connectivity index (χ2v) is 11.0. The quantitative estimate of drug-likeness (QED) is 0.665. The van der Waals surface area contributed by atoms with E-state index in [-0.39, 0.29) is 10.6 Å². The van der Waals surface area contributed by atoms with E-state index in [0.29, 0.717) is 6.42 Å². The van der Waals surface area contributed by atoms with E-state index in [1.165, 1.54) is 0 Å². The molecule has 0 saturated carbocycles. The van der Waals surface area contributed by atoms with Crippen LogP contribution in [0.15, 0.2) is 0 Å². The lowest BCUT2D eigenvalue weighted by Gasteiger charge is -2.44. The molecule has 1 atom stereocenters. The molecule has 0 rings (SSSR count). The number of hydrogen-bond donors (Lipinski definition) is 0. The molecular weight excluding hydrogens is 214 g/mol. The van der Waals surface area contributed by atoms with Gasteiger partial charge in [-0.2, -0.15) is 5.26 Å². The van der Waals surface area contributed by atoms with Gasteiger partial charge in [-0.05, 0) is 37.9 Å². The van der Waals surface area contributed by atoms with Crippen molar-refractivity contribution in [2.24, 2.45) is 0 Å². The lowest BCUT2D eigenvalue weighted by atomic mass is 9.98. The third kappa shape index (κ3) is 4.27. The summed E-state index contributed by atoms with van der Waals surface area (Å²) in [6.45, 7) is 15.6. The molecule has 2 nitrogen and oxygen atoms in total. The van der Waals surface area contributed by atoms with E-state index in [4.69, 9.17) is 9.69 Å². The molecule has 16 heavy (non-hydrogen) atoms. The van der Waals surface area contributed by atoms with Crippen LogP contribution in [0.2, 0.25) is 18.1 Å². The van der Waals surface area contributed by atoms with Gasteiger partial charge in [-0.15, -0.1) is 0 Å². The summed E-state index contributed by atoms with van der Waals surface area (Å²) in [5.74, 6) is 0. The number of hydrogen-bond acceptors (Lipinski definition) is 2. The molecule has 0 aromatic carbocycles. The van der Waals surface area contributed by atoms with Gasteiger partial charge in [-0.25, -0.2) is 0 Å². The fourth-order valence-electron chi connectivity index (χ4n) is 1.39. The molecule has 0 fully saturated rings. The van der Waals surface area contributed by atoms with E-state index in [1.54, 1.807) is 0 Å². The van der Waals surface area contributed by atoms with Crippen LogP contribution in [0.4, 0.5) is 0 Å². The molecular formula is C13H27NOSi. The third-order valence-electron chi connectivity index (χ3n) is 3.82.